The lowest BCUT2D eigenvalue weighted by Crippen LogP contribution is -2.16. The predicted octanol–water partition coefficient (Wildman–Crippen LogP) is 4.14. The number of benzene rings is 2. The maximum atomic E-state index is 14.5. The van der Waals surface area contributed by atoms with Crippen LogP contribution in [0.15, 0.2) is 52.9 Å². The fourth-order valence-corrected chi connectivity index (χ4v) is 2.16. The number of fused-ring (bicyclic) bond motifs is 1. The van der Waals surface area contributed by atoms with Crippen LogP contribution in [0.5, 0.6) is 0 Å². The SMILES string of the molecule is CCOC(=O)c1ccc(C(F)(F)c2nc3ccccc3o2)cc1. The van der Waals surface area contributed by atoms with E-state index in [1.165, 1.54) is 24.3 Å². The summed E-state index contributed by atoms with van der Waals surface area (Å²) in [5.41, 5.74) is 0.566. The second-order valence-electron chi connectivity index (χ2n) is 4.86. The minimum atomic E-state index is -3.40. The topological polar surface area (TPSA) is 52.3 Å². The Labute approximate surface area is 130 Å². The van der Waals surface area contributed by atoms with Crippen LogP contribution < -0.4 is 0 Å². The van der Waals surface area contributed by atoms with Gasteiger partial charge in [-0.1, -0.05) is 24.3 Å². The number of nitrogens with zero attached hydrogens (tertiary/aromatic N) is 1. The molecule has 2 aromatic carbocycles. The molecule has 0 atom stereocenters. The molecule has 23 heavy (non-hydrogen) atoms. The third kappa shape index (κ3) is 2.79. The maximum Gasteiger partial charge on any atom is 0.347 e. The number of para-hydroxylation sites is 2. The summed E-state index contributed by atoms with van der Waals surface area (Å²) in [7, 11) is 0. The third-order valence-corrected chi connectivity index (χ3v) is 3.32. The summed E-state index contributed by atoms with van der Waals surface area (Å²) < 4.78 is 39.0. The molecule has 0 aliphatic rings. The zero-order valence-electron chi connectivity index (χ0n) is 12.3. The fraction of sp³-hybridized carbons (Fsp3) is 0.176. The van der Waals surface area contributed by atoms with Crippen molar-refractivity contribution in [3.8, 4) is 0 Å². The Morgan fingerprint density at radius 3 is 2.52 bits per heavy atom. The van der Waals surface area contributed by atoms with Crippen molar-refractivity contribution in [1.82, 2.24) is 4.98 Å². The van der Waals surface area contributed by atoms with E-state index in [0.29, 0.717) is 11.1 Å². The van der Waals surface area contributed by atoms with Crippen LogP contribution in [0.3, 0.4) is 0 Å². The standard InChI is InChI=1S/C17H13F2NO3/c1-2-22-15(21)11-7-9-12(10-8-11)17(18,19)16-20-13-5-3-4-6-14(13)23-16/h3-10H,2H2,1H3. The Hall–Kier alpha value is -2.76. The van der Waals surface area contributed by atoms with E-state index in [0.717, 1.165) is 0 Å². The van der Waals surface area contributed by atoms with Gasteiger partial charge in [-0.15, -0.1) is 0 Å². The lowest BCUT2D eigenvalue weighted by molar-refractivity contribution is 0.0147. The van der Waals surface area contributed by atoms with Gasteiger partial charge < -0.3 is 9.15 Å². The highest BCUT2D eigenvalue weighted by molar-refractivity contribution is 5.89. The van der Waals surface area contributed by atoms with E-state index in [1.807, 2.05) is 0 Å². The number of hydrogen-bond acceptors (Lipinski definition) is 4. The first-order chi connectivity index (χ1) is 11.0. The van der Waals surface area contributed by atoms with Crippen LogP contribution >= 0.6 is 0 Å². The molecule has 1 heterocycles. The summed E-state index contributed by atoms with van der Waals surface area (Å²) in [5, 5.41) is 0. The lowest BCUT2D eigenvalue weighted by Gasteiger charge is -2.13. The smallest absolute Gasteiger partial charge is 0.347 e. The number of halogens is 2. The van der Waals surface area contributed by atoms with Crippen LogP contribution in [-0.4, -0.2) is 17.6 Å². The van der Waals surface area contributed by atoms with Crippen LogP contribution in [0.25, 0.3) is 11.1 Å². The number of aromatic nitrogens is 1. The lowest BCUT2D eigenvalue weighted by atomic mass is 10.1. The molecule has 0 saturated carbocycles. The van der Waals surface area contributed by atoms with Gasteiger partial charge in [0.05, 0.1) is 12.2 Å². The molecule has 0 fully saturated rings. The van der Waals surface area contributed by atoms with Gasteiger partial charge in [-0.2, -0.15) is 8.78 Å². The average Bonchev–Trinajstić information content (AvgIpc) is 3.00. The van der Waals surface area contributed by atoms with Crippen molar-refractivity contribution < 1.29 is 22.7 Å². The van der Waals surface area contributed by atoms with Gasteiger partial charge in [0.15, 0.2) is 5.58 Å². The number of carbonyl (C=O) groups is 1. The predicted molar refractivity (Wildman–Crippen MR) is 79.4 cm³/mol. The number of hydrogen-bond donors (Lipinski definition) is 0. The molecule has 4 nitrogen and oxygen atoms in total. The molecular formula is C17H13F2NO3. The molecule has 0 unspecified atom stereocenters. The molecule has 0 aliphatic heterocycles. The number of alkyl halides is 2. The summed E-state index contributed by atoms with van der Waals surface area (Å²) >= 11 is 0. The number of ether oxygens (including phenoxy) is 1. The van der Waals surface area contributed by atoms with Crippen LogP contribution in [0.1, 0.15) is 28.7 Å². The van der Waals surface area contributed by atoms with E-state index in [9.17, 15) is 13.6 Å². The Balaban J connectivity index is 1.94. The number of carbonyl (C=O) groups excluding carboxylic acids is 1. The monoisotopic (exact) mass is 317 g/mol. The van der Waals surface area contributed by atoms with Crippen LogP contribution in [-0.2, 0) is 10.7 Å². The Morgan fingerprint density at radius 2 is 1.87 bits per heavy atom. The number of rotatable bonds is 4. The summed E-state index contributed by atoms with van der Waals surface area (Å²) in [4.78, 5) is 15.4. The normalized spacial score (nSPS) is 11.6. The summed E-state index contributed by atoms with van der Waals surface area (Å²) in [5.74, 6) is -4.63. The van der Waals surface area contributed by atoms with E-state index >= 15 is 0 Å². The summed E-state index contributed by atoms with van der Waals surface area (Å²) in [6, 6.07) is 11.5. The highest BCUT2D eigenvalue weighted by Gasteiger charge is 2.39. The Morgan fingerprint density at radius 1 is 1.17 bits per heavy atom. The molecule has 0 spiro atoms. The molecule has 3 aromatic rings. The van der Waals surface area contributed by atoms with Gasteiger partial charge in [0.2, 0.25) is 0 Å². The first-order valence-electron chi connectivity index (χ1n) is 7.04. The van der Waals surface area contributed by atoms with E-state index in [4.69, 9.17) is 9.15 Å². The van der Waals surface area contributed by atoms with Gasteiger partial charge >= 0.3 is 11.9 Å². The third-order valence-electron chi connectivity index (χ3n) is 3.32. The van der Waals surface area contributed by atoms with Crippen molar-refractivity contribution in [1.29, 1.82) is 0 Å². The molecule has 1 aromatic heterocycles. The highest BCUT2D eigenvalue weighted by Crippen LogP contribution is 2.36. The van der Waals surface area contributed by atoms with Crippen molar-refractivity contribution in [3.05, 3.63) is 65.5 Å². The molecule has 3 rings (SSSR count). The van der Waals surface area contributed by atoms with Crippen LogP contribution in [0.2, 0.25) is 0 Å². The van der Waals surface area contributed by atoms with Gasteiger partial charge in [0, 0.05) is 5.56 Å². The highest BCUT2D eigenvalue weighted by atomic mass is 19.3. The van der Waals surface area contributed by atoms with Gasteiger partial charge in [0.1, 0.15) is 5.52 Å². The first kappa shape index (κ1) is 15.1. The quantitative estimate of drug-likeness (QED) is 0.679. The number of oxazole rings is 1. The summed E-state index contributed by atoms with van der Waals surface area (Å²) in [6.07, 6.45) is 0. The fourth-order valence-electron chi connectivity index (χ4n) is 2.16. The molecule has 0 N–H and O–H groups in total. The molecule has 0 saturated heterocycles. The van der Waals surface area contributed by atoms with E-state index < -0.39 is 17.8 Å². The second-order valence-corrected chi connectivity index (χ2v) is 4.86. The van der Waals surface area contributed by atoms with Crippen molar-refractivity contribution in [3.63, 3.8) is 0 Å². The van der Waals surface area contributed by atoms with E-state index in [2.05, 4.69) is 4.98 Å². The molecule has 0 radical (unpaired) electrons. The zero-order valence-corrected chi connectivity index (χ0v) is 12.3. The van der Waals surface area contributed by atoms with Crippen molar-refractivity contribution in [2.24, 2.45) is 0 Å². The van der Waals surface area contributed by atoms with E-state index in [1.54, 1.807) is 31.2 Å². The Kier molecular flexibility index (Phi) is 3.82. The minimum absolute atomic E-state index is 0.212. The van der Waals surface area contributed by atoms with Crippen LogP contribution in [0, 0.1) is 0 Å². The van der Waals surface area contributed by atoms with E-state index in [-0.39, 0.29) is 17.7 Å². The van der Waals surface area contributed by atoms with Crippen molar-refractivity contribution in [2.45, 2.75) is 12.8 Å². The van der Waals surface area contributed by atoms with Gasteiger partial charge in [-0.3, -0.25) is 0 Å². The maximum absolute atomic E-state index is 14.5. The Bertz CT molecular complexity index is 807. The molecule has 0 amide bonds. The second kappa shape index (κ2) is 5.79. The van der Waals surface area contributed by atoms with Crippen molar-refractivity contribution >= 4 is 17.1 Å². The average molecular weight is 317 g/mol. The largest absolute Gasteiger partial charge is 0.462 e. The van der Waals surface area contributed by atoms with Gasteiger partial charge in [-0.25, -0.2) is 9.78 Å². The summed E-state index contributed by atoms with van der Waals surface area (Å²) in [6.45, 7) is 1.90. The van der Waals surface area contributed by atoms with Gasteiger partial charge in [0.25, 0.3) is 5.89 Å². The molecule has 6 heteroatoms. The molecule has 118 valence electrons. The first-order valence-corrected chi connectivity index (χ1v) is 7.04. The zero-order chi connectivity index (χ0) is 16.4. The molecular weight excluding hydrogens is 304 g/mol. The molecule has 0 aliphatic carbocycles. The minimum Gasteiger partial charge on any atom is -0.462 e. The van der Waals surface area contributed by atoms with Crippen LogP contribution in [0.4, 0.5) is 8.78 Å². The number of esters is 1. The van der Waals surface area contributed by atoms with Crippen molar-refractivity contribution in [2.75, 3.05) is 6.61 Å². The molecule has 0 bridgehead atoms. The van der Waals surface area contributed by atoms with Gasteiger partial charge in [-0.05, 0) is 31.2 Å².